The van der Waals surface area contributed by atoms with Gasteiger partial charge in [0.1, 0.15) is 5.75 Å². The second-order valence-corrected chi connectivity index (χ2v) is 5.09. The first-order chi connectivity index (χ1) is 10.9. The number of methoxy groups -OCH3 is 1. The summed E-state index contributed by atoms with van der Waals surface area (Å²) in [7, 11) is 1.48. The van der Waals surface area contributed by atoms with Gasteiger partial charge in [-0.1, -0.05) is 12.1 Å². The Hall–Kier alpha value is -2.57. The average Bonchev–Trinajstić information content (AvgIpc) is 2.52. The monoisotopic (exact) mass is 322 g/mol. The lowest BCUT2D eigenvalue weighted by Gasteiger charge is -2.10. The van der Waals surface area contributed by atoms with Crippen LogP contribution in [0.2, 0.25) is 0 Å². The number of benzene rings is 1. The predicted molar refractivity (Wildman–Crippen MR) is 84.2 cm³/mol. The molecule has 0 heterocycles. The molecular weight excluding hydrogens is 300 g/mol. The minimum Gasteiger partial charge on any atom is -0.496 e. The van der Waals surface area contributed by atoms with E-state index in [1.54, 1.807) is 24.3 Å². The summed E-state index contributed by atoms with van der Waals surface area (Å²) in [5, 5.41) is 5.21. The van der Waals surface area contributed by atoms with E-state index in [4.69, 9.17) is 9.47 Å². The van der Waals surface area contributed by atoms with Crippen molar-refractivity contribution in [1.82, 2.24) is 10.6 Å². The molecule has 0 aliphatic carbocycles. The molecular formula is C16H22N2O5. The highest BCUT2D eigenvalue weighted by atomic mass is 16.5. The topological polar surface area (TPSA) is 93.7 Å². The number of nitrogens with one attached hydrogen (secondary N) is 2. The van der Waals surface area contributed by atoms with Gasteiger partial charge in [-0.2, -0.15) is 0 Å². The summed E-state index contributed by atoms with van der Waals surface area (Å²) in [6.45, 7) is 3.42. The molecule has 0 atom stereocenters. The van der Waals surface area contributed by atoms with Crippen molar-refractivity contribution in [2.45, 2.75) is 26.3 Å². The molecule has 0 saturated carbocycles. The molecule has 1 rings (SSSR count). The van der Waals surface area contributed by atoms with Gasteiger partial charge >= 0.3 is 5.97 Å². The van der Waals surface area contributed by atoms with Crippen LogP contribution in [0.15, 0.2) is 24.3 Å². The summed E-state index contributed by atoms with van der Waals surface area (Å²) in [5.74, 6) is -0.790. The minimum absolute atomic E-state index is 0.0126. The normalized spacial score (nSPS) is 10.1. The quantitative estimate of drug-likeness (QED) is 0.693. The summed E-state index contributed by atoms with van der Waals surface area (Å²) in [6.07, 6.45) is -0.0180. The number of amides is 2. The van der Waals surface area contributed by atoms with Crippen LogP contribution in [-0.4, -0.2) is 44.1 Å². The van der Waals surface area contributed by atoms with Gasteiger partial charge in [0.25, 0.3) is 11.8 Å². The largest absolute Gasteiger partial charge is 0.496 e. The third-order valence-electron chi connectivity index (χ3n) is 2.78. The van der Waals surface area contributed by atoms with E-state index in [2.05, 4.69) is 10.6 Å². The third kappa shape index (κ3) is 6.82. The first-order valence-corrected chi connectivity index (χ1v) is 7.30. The first-order valence-electron chi connectivity index (χ1n) is 7.30. The van der Waals surface area contributed by atoms with Crippen molar-refractivity contribution in [2.24, 2.45) is 0 Å². The minimum atomic E-state index is -0.552. The average molecular weight is 322 g/mol. The van der Waals surface area contributed by atoms with E-state index in [0.29, 0.717) is 11.3 Å². The van der Waals surface area contributed by atoms with Crippen molar-refractivity contribution in [3.05, 3.63) is 29.8 Å². The molecule has 23 heavy (non-hydrogen) atoms. The summed E-state index contributed by atoms with van der Waals surface area (Å²) in [5.41, 5.74) is 0.389. The molecule has 7 heteroatoms. The van der Waals surface area contributed by atoms with Gasteiger partial charge in [-0.25, -0.2) is 0 Å². The molecule has 0 aliphatic heterocycles. The maximum atomic E-state index is 12.0. The maximum Gasteiger partial charge on any atom is 0.308 e. The van der Waals surface area contributed by atoms with E-state index < -0.39 is 5.97 Å². The summed E-state index contributed by atoms with van der Waals surface area (Å²) in [6, 6.07) is 6.77. The number of hydrogen-bond donors (Lipinski definition) is 2. The van der Waals surface area contributed by atoms with Crippen molar-refractivity contribution in [2.75, 3.05) is 20.3 Å². The van der Waals surface area contributed by atoms with Gasteiger partial charge in [0.15, 0.2) is 6.61 Å². The van der Waals surface area contributed by atoms with Crippen molar-refractivity contribution in [3.8, 4) is 5.75 Å². The fraction of sp³-hybridized carbons (Fsp3) is 0.438. The van der Waals surface area contributed by atoms with Gasteiger partial charge in [0.2, 0.25) is 0 Å². The molecule has 0 fully saturated rings. The molecule has 0 saturated heterocycles. The van der Waals surface area contributed by atoms with Crippen LogP contribution in [-0.2, 0) is 14.3 Å². The van der Waals surface area contributed by atoms with Crippen molar-refractivity contribution < 1.29 is 23.9 Å². The maximum absolute atomic E-state index is 12.0. The Morgan fingerprint density at radius 2 is 1.87 bits per heavy atom. The molecule has 7 nitrogen and oxygen atoms in total. The second-order valence-electron chi connectivity index (χ2n) is 5.09. The molecule has 0 aliphatic rings. The van der Waals surface area contributed by atoms with Crippen LogP contribution < -0.4 is 15.4 Å². The lowest BCUT2D eigenvalue weighted by atomic mass is 10.2. The third-order valence-corrected chi connectivity index (χ3v) is 2.78. The fourth-order valence-electron chi connectivity index (χ4n) is 1.79. The highest BCUT2D eigenvalue weighted by Gasteiger charge is 2.12. The Kier molecular flexibility index (Phi) is 7.59. The Morgan fingerprint density at radius 3 is 2.52 bits per heavy atom. The zero-order valence-corrected chi connectivity index (χ0v) is 13.5. The lowest BCUT2D eigenvalue weighted by Crippen LogP contribution is -2.34. The first kappa shape index (κ1) is 18.5. The SMILES string of the molecule is COc1ccccc1C(=O)NCCC(=O)OCC(=O)NC(C)C. The lowest BCUT2D eigenvalue weighted by molar-refractivity contribution is -0.148. The standard InChI is InChI=1S/C16H22N2O5/c1-11(2)18-14(19)10-23-15(20)8-9-17-16(21)12-6-4-5-7-13(12)22-3/h4-7,11H,8-10H2,1-3H3,(H,17,21)(H,18,19). The number of rotatable bonds is 8. The van der Waals surface area contributed by atoms with E-state index in [9.17, 15) is 14.4 Å². The molecule has 2 N–H and O–H groups in total. The Balaban J connectivity index is 2.32. The van der Waals surface area contributed by atoms with Crippen LogP contribution in [0.1, 0.15) is 30.6 Å². The summed E-state index contributed by atoms with van der Waals surface area (Å²) < 4.78 is 9.90. The van der Waals surface area contributed by atoms with Gasteiger partial charge < -0.3 is 20.1 Å². The number of esters is 1. The predicted octanol–water partition coefficient (Wildman–Crippen LogP) is 0.883. The Bertz CT molecular complexity index is 557. The van der Waals surface area contributed by atoms with Gasteiger partial charge in [0.05, 0.1) is 19.1 Å². The van der Waals surface area contributed by atoms with E-state index >= 15 is 0 Å². The number of ether oxygens (including phenoxy) is 2. The molecule has 0 unspecified atom stereocenters. The van der Waals surface area contributed by atoms with Gasteiger partial charge in [-0.15, -0.1) is 0 Å². The van der Waals surface area contributed by atoms with E-state index in [1.165, 1.54) is 7.11 Å². The molecule has 0 spiro atoms. The zero-order chi connectivity index (χ0) is 17.2. The van der Waals surface area contributed by atoms with Crippen molar-refractivity contribution >= 4 is 17.8 Å². The van der Waals surface area contributed by atoms with Gasteiger partial charge in [-0.3, -0.25) is 14.4 Å². The van der Waals surface area contributed by atoms with Crippen molar-refractivity contribution in [3.63, 3.8) is 0 Å². The van der Waals surface area contributed by atoms with E-state index in [-0.39, 0.29) is 37.4 Å². The Labute approximate surface area is 135 Å². The van der Waals surface area contributed by atoms with Crippen LogP contribution in [0.5, 0.6) is 5.75 Å². The van der Waals surface area contributed by atoms with Crippen LogP contribution >= 0.6 is 0 Å². The summed E-state index contributed by atoms with van der Waals surface area (Å²) >= 11 is 0. The second kappa shape index (κ2) is 9.45. The van der Waals surface area contributed by atoms with Gasteiger partial charge in [0, 0.05) is 12.6 Å². The molecule has 0 radical (unpaired) electrons. The summed E-state index contributed by atoms with van der Waals surface area (Å²) in [4.78, 5) is 34.8. The van der Waals surface area contributed by atoms with E-state index in [1.807, 2.05) is 13.8 Å². The van der Waals surface area contributed by atoms with E-state index in [0.717, 1.165) is 0 Å². The van der Waals surface area contributed by atoms with Crippen LogP contribution in [0, 0.1) is 0 Å². The fourth-order valence-corrected chi connectivity index (χ4v) is 1.79. The van der Waals surface area contributed by atoms with Crippen molar-refractivity contribution in [1.29, 1.82) is 0 Å². The molecule has 1 aromatic carbocycles. The number of para-hydroxylation sites is 1. The Morgan fingerprint density at radius 1 is 1.17 bits per heavy atom. The highest BCUT2D eigenvalue weighted by molar-refractivity contribution is 5.97. The molecule has 0 bridgehead atoms. The zero-order valence-electron chi connectivity index (χ0n) is 13.5. The van der Waals surface area contributed by atoms with Crippen LogP contribution in [0.3, 0.4) is 0 Å². The molecule has 0 aromatic heterocycles. The van der Waals surface area contributed by atoms with Gasteiger partial charge in [-0.05, 0) is 26.0 Å². The molecule has 126 valence electrons. The smallest absolute Gasteiger partial charge is 0.308 e. The molecule has 1 aromatic rings. The number of hydrogen-bond acceptors (Lipinski definition) is 5. The molecule has 2 amide bonds. The van der Waals surface area contributed by atoms with Crippen LogP contribution in [0.4, 0.5) is 0 Å². The highest BCUT2D eigenvalue weighted by Crippen LogP contribution is 2.16. The number of carbonyl (C=O) groups is 3. The number of carbonyl (C=O) groups excluding carboxylic acids is 3. The van der Waals surface area contributed by atoms with Crippen LogP contribution in [0.25, 0.3) is 0 Å².